The number of benzene rings is 1. The molecule has 1 aromatic carbocycles. The SMILES string of the molecule is CCC1OC2(CCCCC2)OC1c1ccccc1Cl. The van der Waals surface area contributed by atoms with Crippen molar-refractivity contribution >= 4 is 11.6 Å². The van der Waals surface area contributed by atoms with Crippen molar-refractivity contribution in [3.8, 4) is 0 Å². The summed E-state index contributed by atoms with van der Waals surface area (Å²) in [4.78, 5) is 0. The molecule has 1 spiro atoms. The minimum Gasteiger partial charge on any atom is -0.344 e. The summed E-state index contributed by atoms with van der Waals surface area (Å²) in [6.45, 7) is 2.15. The molecule has 1 aliphatic carbocycles. The molecule has 0 N–H and O–H groups in total. The average Bonchev–Trinajstić information content (AvgIpc) is 2.78. The Hall–Kier alpha value is -0.570. The maximum Gasteiger partial charge on any atom is 0.169 e. The first-order valence-corrected chi connectivity index (χ1v) is 7.72. The lowest BCUT2D eigenvalue weighted by Gasteiger charge is -2.32. The molecule has 0 bridgehead atoms. The van der Waals surface area contributed by atoms with Gasteiger partial charge in [0.2, 0.25) is 0 Å². The zero-order valence-corrected chi connectivity index (χ0v) is 12.2. The molecule has 19 heavy (non-hydrogen) atoms. The molecule has 2 aliphatic rings. The number of ether oxygens (including phenoxy) is 2. The highest BCUT2D eigenvalue weighted by molar-refractivity contribution is 6.31. The molecule has 1 saturated heterocycles. The minimum atomic E-state index is -0.344. The van der Waals surface area contributed by atoms with Crippen LogP contribution in [0, 0.1) is 0 Å². The Bertz CT molecular complexity index is 440. The second kappa shape index (κ2) is 5.43. The van der Waals surface area contributed by atoms with Crippen molar-refractivity contribution in [1.82, 2.24) is 0 Å². The average molecular weight is 281 g/mol. The van der Waals surface area contributed by atoms with Crippen molar-refractivity contribution in [2.45, 2.75) is 63.4 Å². The lowest BCUT2D eigenvalue weighted by molar-refractivity contribution is -0.194. The summed E-state index contributed by atoms with van der Waals surface area (Å²) in [6, 6.07) is 7.96. The number of halogens is 1. The molecule has 3 rings (SSSR count). The fourth-order valence-electron chi connectivity index (χ4n) is 3.27. The van der Waals surface area contributed by atoms with Crippen LogP contribution in [0.3, 0.4) is 0 Å². The zero-order valence-electron chi connectivity index (χ0n) is 11.4. The van der Waals surface area contributed by atoms with E-state index >= 15 is 0 Å². The van der Waals surface area contributed by atoms with Gasteiger partial charge in [-0.1, -0.05) is 43.1 Å². The molecule has 0 radical (unpaired) electrons. The Morgan fingerprint density at radius 1 is 1.16 bits per heavy atom. The lowest BCUT2D eigenvalue weighted by Crippen LogP contribution is -2.33. The summed E-state index contributed by atoms with van der Waals surface area (Å²) >= 11 is 6.32. The topological polar surface area (TPSA) is 18.5 Å². The van der Waals surface area contributed by atoms with Crippen molar-refractivity contribution in [2.75, 3.05) is 0 Å². The molecule has 0 aromatic heterocycles. The predicted octanol–water partition coefficient (Wildman–Crippen LogP) is 4.87. The second-order valence-electron chi connectivity index (χ2n) is 5.60. The van der Waals surface area contributed by atoms with Crippen molar-refractivity contribution in [3.05, 3.63) is 34.9 Å². The first-order chi connectivity index (χ1) is 9.24. The quantitative estimate of drug-likeness (QED) is 0.770. The summed E-state index contributed by atoms with van der Waals surface area (Å²) in [6.07, 6.45) is 6.79. The Balaban J connectivity index is 1.87. The highest BCUT2D eigenvalue weighted by atomic mass is 35.5. The first-order valence-electron chi connectivity index (χ1n) is 7.34. The van der Waals surface area contributed by atoms with Crippen LogP contribution in [-0.2, 0) is 9.47 Å². The molecule has 2 fully saturated rings. The molecule has 1 heterocycles. The van der Waals surface area contributed by atoms with Gasteiger partial charge in [0.15, 0.2) is 5.79 Å². The van der Waals surface area contributed by atoms with Crippen LogP contribution in [0.15, 0.2) is 24.3 Å². The van der Waals surface area contributed by atoms with Crippen molar-refractivity contribution in [1.29, 1.82) is 0 Å². The molecule has 1 aromatic rings. The molecule has 2 atom stereocenters. The smallest absolute Gasteiger partial charge is 0.169 e. The third-order valence-electron chi connectivity index (χ3n) is 4.28. The third-order valence-corrected chi connectivity index (χ3v) is 4.62. The summed E-state index contributed by atoms with van der Waals surface area (Å²) in [5.74, 6) is -0.344. The maximum atomic E-state index is 6.35. The van der Waals surface area contributed by atoms with Crippen molar-refractivity contribution in [2.24, 2.45) is 0 Å². The van der Waals surface area contributed by atoms with E-state index in [1.165, 1.54) is 19.3 Å². The van der Waals surface area contributed by atoms with E-state index in [2.05, 4.69) is 13.0 Å². The van der Waals surface area contributed by atoms with E-state index in [1.807, 2.05) is 18.2 Å². The Morgan fingerprint density at radius 3 is 2.58 bits per heavy atom. The van der Waals surface area contributed by atoms with Gasteiger partial charge in [-0.15, -0.1) is 0 Å². The molecule has 2 nitrogen and oxygen atoms in total. The minimum absolute atomic E-state index is 0.0169. The van der Waals surface area contributed by atoms with E-state index < -0.39 is 0 Å². The van der Waals surface area contributed by atoms with E-state index in [0.29, 0.717) is 0 Å². The number of rotatable bonds is 2. The maximum absolute atomic E-state index is 6.35. The summed E-state index contributed by atoms with van der Waals surface area (Å²) < 4.78 is 12.6. The number of hydrogen-bond donors (Lipinski definition) is 0. The molecular weight excluding hydrogens is 260 g/mol. The van der Waals surface area contributed by atoms with E-state index in [0.717, 1.165) is 29.8 Å². The molecule has 1 saturated carbocycles. The summed E-state index contributed by atoms with van der Waals surface area (Å²) in [5, 5.41) is 0.780. The van der Waals surface area contributed by atoms with Crippen LogP contribution >= 0.6 is 11.6 Å². The van der Waals surface area contributed by atoms with Gasteiger partial charge in [-0.3, -0.25) is 0 Å². The van der Waals surface area contributed by atoms with Crippen LogP contribution in [-0.4, -0.2) is 11.9 Å². The van der Waals surface area contributed by atoms with Crippen LogP contribution in [0.5, 0.6) is 0 Å². The normalized spacial score (nSPS) is 29.8. The number of hydrogen-bond acceptors (Lipinski definition) is 2. The van der Waals surface area contributed by atoms with E-state index in [-0.39, 0.29) is 18.0 Å². The third kappa shape index (κ3) is 2.54. The van der Waals surface area contributed by atoms with E-state index in [1.54, 1.807) is 0 Å². The molecule has 3 heteroatoms. The van der Waals surface area contributed by atoms with Crippen LogP contribution in [0.2, 0.25) is 5.02 Å². The summed E-state index contributed by atoms with van der Waals surface area (Å²) in [7, 11) is 0. The van der Waals surface area contributed by atoms with Crippen LogP contribution < -0.4 is 0 Å². The largest absolute Gasteiger partial charge is 0.344 e. The van der Waals surface area contributed by atoms with E-state index in [4.69, 9.17) is 21.1 Å². The summed E-state index contributed by atoms with van der Waals surface area (Å²) in [5.41, 5.74) is 1.07. The van der Waals surface area contributed by atoms with Crippen molar-refractivity contribution in [3.63, 3.8) is 0 Å². The molecule has 2 unspecified atom stereocenters. The molecule has 104 valence electrons. The Labute approximate surface area is 120 Å². The van der Waals surface area contributed by atoms with Gasteiger partial charge >= 0.3 is 0 Å². The monoisotopic (exact) mass is 280 g/mol. The highest BCUT2D eigenvalue weighted by Gasteiger charge is 2.48. The van der Waals surface area contributed by atoms with Gasteiger partial charge in [0.25, 0.3) is 0 Å². The first kappa shape index (κ1) is 13.4. The van der Waals surface area contributed by atoms with Gasteiger partial charge in [-0.05, 0) is 25.3 Å². The zero-order chi connectivity index (χ0) is 13.3. The molecule has 1 aliphatic heterocycles. The fraction of sp³-hybridized carbons (Fsp3) is 0.625. The van der Waals surface area contributed by atoms with Gasteiger partial charge in [0.05, 0.1) is 6.10 Å². The lowest BCUT2D eigenvalue weighted by atomic mass is 9.94. The van der Waals surface area contributed by atoms with Crippen LogP contribution in [0.1, 0.15) is 57.1 Å². The van der Waals surface area contributed by atoms with Crippen LogP contribution in [0.4, 0.5) is 0 Å². The van der Waals surface area contributed by atoms with Gasteiger partial charge in [-0.25, -0.2) is 0 Å². The van der Waals surface area contributed by atoms with Gasteiger partial charge < -0.3 is 9.47 Å². The Morgan fingerprint density at radius 2 is 1.89 bits per heavy atom. The standard InChI is InChI=1S/C16H21ClO2/c1-2-14-15(12-8-4-5-9-13(12)17)19-16(18-14)10-6-3-7-11-16/h4-5,8-9,14-15H,2-3,6-7,10-11H2,1H3. The van der Waals surface area contributed by atoms with Crippen LogP contribution in [0.25, 0.3) is 0 Å². The van der Waals surface area contributed by atoms with Gasteiger partial charge in [0, 0.05) is 23.4 Å². The highest BCUT2D eigenvalue weighted by Crippen LogP contribution is 2.47. The van der Waals surface area contributed by atoms with E-state index in [9.17, 15) is 0 Å². The van der Waals surface area contributed by atoms with Gasteiger partial charge in [-0.2, -0.15) is 0 Å². The van der Waals surface area contributed by atoms with Crippen molar-refractivity contribution < 1.29 is 9.47 Å². The second-order valence-corrected chi connectivity index (χ2v) is 6.00. The molecular formula is C16H21ClO2. The Kier molecular flexibility index (Phi) is 3.84. The molecule has 0 amide bonds. The van der Waals surface area contributed by atoms with Gasteiger partial charge in [0.1, 0.15) is 6.10 Å². The predicted molar refractivity (Wildman–Crippen MR) is 76.3 cm³/mol. The fourth-order valence-corrected chi connectivity index (χ4v) is 3.51.